The van der Waals surface area contributed by atoms with E-state index in [4.69, 9.17) is 45.8 Å². The Morgan fingerprint density at radius 1 is 0.989 bits per heavy atom. The van der Waals surface area contributed by atoms with E-state index >= 15 is 0 Å². The molecular weight excluding hydrogens is 1300 g/mol. The Bertz CT molecular complexity index is 2960. The molecule has 3 aliphatic heterocycles. The average molecular weight is 1390 g/mol. The molecule has 0 aliphatic carbocycles. The zero-order valence-corrected chi connectivity index (χ0v) is 57.0. The summed E-state index contributed by atoms with van der Waals surface area (Å²) >= 11 is 13.5. The molecule has 5 rings (SSSR count). The molecule has 492 valence electrons. The fraction of sp³-hybridized carbons (Fsp3) is 0.609. The van der Waals surface area contributed by atoms with Gasteiger partial charge in [-0.2, -0.15) is 0 Å². The van der Waals surface area contributed by atoms with Crippen LogP contribution in [0.5, 0.6) is 5.75 Å². The molecule has 2 aromatic rings. The van der Waals surface area contributed by atoms with Crippen LogP contribution in [0.15, 0.2) is 54.1 Å². The molecule has 89 heavy (non-hydrogen) atoms. The predicted octanol–water partition coefficient (Wildman–Crippen LogP) is 8.31. The lowest BCUT2D eigenvalue weighted by Crippen LogP contribution is -2.63. The highest BCUT2D eigenvalue weighted by molar-refractivity contribution is 9.09. The summed E-state index contributed by atoms with van der Waals surface area (Å²) in [5.41, 5.74) is 5.40. The second-order valence-corrected chi connectivity index (χ2v) is 25.9. The summed E-state index contributed by atoms with van der Waals surface area (Å²) in [6.45, 7) is 14.2. The van der Waals surface area contributed by atoms with Crippen molar-refractivity contribution in [2.45, 2.75) is 180 Å². The van der Waals surface area contributed by atoms with Gasteiger partial charge in [0.05, 0.1) is 54.0 Å². The SMILES string of the molecule is COc1cc(CC(=O)[C@H](CCCNC(N)=O)NC(=O)[C@@H](CC(=O)CCCCC(C)OC(=O)C(CBr)CBr)C(C)C)ccc1C(=O)N(C)[C@@H](C)C(=O)O[C@H]1CC(=O)N(C)c2cc(cc(C)c2Cl)C/C(C)=C/C=C/[C@@H](OC)[C@@]2(O)C[C@H](OC(=O)N2)[C@@H](C)[C@@H]2O[C@@]12C. The predicted molar refractivity (Wildman–Crippen MR) is 342 cm³/mol. The van der Waals surface area contributed by atoms with Gasteiger partial charge in [-0.15, -0.1) is 0 Å². The number of nitrogens with zero attached hydrogens (tertiary/aromatic N) is 2. The number of halogens is 3. The van der Waals surface area contributed by atoms with Crippen LogP contribution >= 0.6 is 43.5 Å². The first kappa shape index (κ1) is 73.8. The smallest absolute Gasteiger partial charge is 0.409 e. The summed E-state index contributed by atoms with van der Waals surface area (Å²) in [5.74, 6) is -5.25. The lowest BCUT2D eigenvalue weighted by atomic mass is 9.83. The molecule has 4 bridgehead atoms. The third-order valence-electron chi connectivity index (χ3n) is 16.9. The number of aryl methyl sites for hydroxylation is 1. The number of rotatable bonds is 27. The molecule has 3 heterocycles. The number of fused-ring (bicyclic) bond motifs is 5. The molecule has 22 nitrogen and oxygen atoms in total. The number of likely N-dealkylation sites (N-methyl/N-ethyl adjacent to an activating group) is 1. The Hall–Kier alpha value is -5.92. The van der Waals surface area contributed by atoms with Gasteiger partial charge in [0, 0.05) is 75.9 Å². The summed E-state index contributed by atoms with van der Waals surface area (Å²) in [6.07, 6.45) is 2.01. The summed E-state index contributed by atoms with van der Waals surface area (Å²) < 4.78 is 35.3. The quantitative estimate of drug-likeness (QED) is 0.0185. The largest absolute Gasteiger partial charge is 0.496 e. The molecule has 1 unspecified atom stereocenters. The van der Waals surface area contributed by atoms with E-state index in [-0.39, 0.29) is 86.1 Å². The number of epoxide rings is 1. The molecule has 25 heteroatoms. The summed E-state index contributed by atoms with van der Waals surface area (Å²) in [6, 6.07) is 5.16. The third-order valence-corrected chi connectivity index (χ3v) is 19.0. The number of nitrogens with one attached hydrogen (secondary N) is 3. The van der Waals surface area contributed by atoms with Gasteiger partial charge in [-0.05, 0) is 114 Å². The van der Waals surface area contributed by atoms with Crippen molar-refractivity contribution in [3.05, 3.63) is 81.4 Å². The number of allylic oxidation sites excluding steroid dienone is 3. The molecule has 2 saturated heterocycles. The lowest BCUT2D eigenvalue weighted by Gasteiger charge is -2.42. The number of urea groups is 1. The van der Waals surface area contributed by atoms with E-state index in [1.807, 2.05) is 52.8 Å². The highest BCUT2D eigenvalue weighted by Gasteiger charge is 2.64. The van der Waals surface area contributed by atoms with Gasteiger partial charge in [0.2, 0.25) is 11.8 Å². The fourth-order valence-electron chi connectivity index (χ4n) is 11.1. The number of ketones is 2. The number of carbonyl (C=O) groups excluding carboxylic acids is 9. The first-order valence-corrected chi connectivity index (χ1v) is 32.7. The van der Waals surface area contributed by atoms with E-state index in [1.54, 1.807) is 39.1 Å². The van der Waals surface area contributed by atoms with Gasteiger partial charge >= 0.3 is 24.1 Å². The van der Waals surface area contributed by atoms with Crippen molar-refractivity contribution in [1.82, 2.24) is 20.9 Å². The number of primary amides is 1. The maximum absolute atomic E-state index is 14.5. The van der Waals surface area contributed by atoms with E-state index in [0.717, 1.165) is 21.6 Å². The number of ether oxygens (including phenoxy) is 6. The van der Waals surface area contributed by atoms with E-state index in [0.29, 0.717) is 52.6 Å². The topological polar surface area (TPSA) is 301 Å². The van der Waals surface area contributed by atoms with Crippen molar-refractivity contribution in [3.63, 3.8) is 0 Å². The molecule has 6 N–H and O–H groups in total. The summed E-state index contributed by atoms with van der Waals surface area (Å²) in [7, 11) is 5.72. The number of aliphatic hydroxyl groups is 1. The molecule has 2 aromatic carbocycles. The molecule has 2 fully saturated rings. The molecule has 0 radical (unpaired) electrons. The molecule has 11 atom stereocenters. The Morgan fingerprint density at radius 2 is 1.69 bits per heavy atom. The monoisotopic (exact) mass is 1390 g/mol. The van der Waals surface area contributed by atoms with Crippen LogP contribution in [0, 0.1) is 30.6 Å². The molecule has 3 aliphatic rings. The van der Waals surface area contributed by atoms with Gasteiger partial charge in [-0.25, -0.2) is 14.4 Å². The van der Waals surface area contributed by atoms with E-state index < -0.39 is 108 Å². The van der Waals surface area contributed by atoms with Gasteiger partial charge < -0.3 is 59.7 Å². The van der Waals surface area contributed by atoms with E-state index in [1.165, 1.54) is 45.2 Å². The second kappa shape index (κ2) is 33.4. The van der Waals surface area contributed by atoms with Crippen LogP contribution in [0.3, 0.4) is 0 Å². The standard InChI is InChI=1S/C64H89Br2ClN6O16/c1-35(2)46(30-44(74)19-14-13-18-38(5)86-60(80)43(33-65)34-66)57(77)70-47(20-16-24-69-61(68)81)49(75)28-41-22-23-45(50(29-41)84-11)58(78)72(9)40(7)59(79)88-53-31-54(76)73(10)48-27-42(26-37(4)55(48)67)25-36(3)17-15-21-52(85-12)64(83)32-51(87-62(82)71-64)39(6)56-63(53,8)89-56/h15,17,21-23,26-27,29,35,38-40,43,46-47,51-53,56,83H,13-14,16,18-20,24-25,28,30-34H2,1-12H3,(H,70,77)(H,71,82)(H3,68,69,81)/b21-15+,36-17+/t38?,39-,40+,46+,47+,51+,52-,53+,56+,63+,64+/m1/s1. The first-order valence-electron chi connectivity index (χ1n) is 30.1. The highest BCUT2D eigenvalue weighted by Crippen LogP contribution is 2.49. The normalized spacial score (nSPS) is 24.3. The van der Waals surface area contributed by atoms with Crippen molar-refractivity contribution in [3.8, 4) is 5.75 Å². The van der Waals surface area contributed by atoms with Gasteiger partial charge in [0.15, 0.2) is 11.5 Å². The van der Waals surface area contributed by atoms with Crippen LogP contribution in [-0.4, -0.2) is 163 Å². The number of carbonyl (C=O) groups is 9. The van der Waals surface area contributed by atoms with E-state index in [2.05, 4.69) is 47.8 Å². The number of unbranched alkanes of at least 4 members (excludes halogenated alkanes) is 1. The Balaban J connectivity index is 1.32. The molecular formula is C64H89Br2ClN6O16. The van der Waals surface area contributed by atoms with Crippen LogP contribution in [0.1, 0.15) is 133 Å². The van der Waals surface area contributed by atoms with Gasteiger partial charge in [0.25, 0.3) is 5.91 Å². The number of esters is 2. The average Bonchev–Trinajstić information content (AvgIpc) is 1.59. The van der Waals surface area contributed by atoms with Crippen molar-refractivity contribution < 1.29 is 76.7 Å². The van der Waals surface area contributed by atoms with Crippen LogP contribution in [-0.2, 0) is 65.3 Å². The Morgan fingerprint density at radius 3 is 2.33 bits per heavy atom. The highest BCUT2D eigenvalue weighted by atomic mass is 79.9. The first-order chi connectivity index (χ1) is 41.9. The van der Waals surface area contributed by atoms with Gasteiger partial charge in [0.1, 0.15) is 41.5 Å². The number of nitrogens with two attached hydrogens (primary N) is 1. The van der Waals surface area contributed by atoms with Crippen LogP contribution in [0.2, 0.25) is 5.02 Å². The number of hydrogen-bond donors (Lipinski definition) is 5. The van der Waals surface area contributed by atoms with Crippen molar-refractivity contribution >= 4 is 102 Å². The zero-order valence-electron chi connectivity index (χ0n) is 53.0. The van der Waals surface area contributed by atoms with Crippen LogP contribution < -0.4 is 31.3 Å². The number of hydrogen-bond acceptors (Lipinski definition) is 16. The van der Waals surface area contributed by atoms with Crippen molar-refractivity contribution in [1.29, 1.82) is 0 Å². The minimum Gasteiger partial charge on any atom is -0.496 e. The number of anilines is 1. The number of Topliss-reactive ketones (excluding diaryl/α,β-unsaturated/α-hetero) is 2. The number of methoxy groups -OCH3 is 2. The van der Waals surface area contributed by atoms with Crippen LogP contribution in [0.4, 0.5) is 15.3 Å². The molecule has 0 saturated carbocycles. The number of benzene rings is 2. The lowest BCUT2D eigenvalue weighted by molar-refractivity contribution is -0.158. The summed E-state index contributed by atoms with van der Waals surface area (Å²) in [4.78, 5) is 124. The third kappa shape index (κ3) is 20.0. The van der Waals surface area contributed by atoms with Crippen molar-refractivity contribution in [2.24, 2.45) is 29.4 Å². The zero-order chi connectivity index (χ0) is 66.2. The number of alkyl halides is 2. The van der Waals surface area contributed by atoms with E-state index in [9.17, 15) is 48.3 Å². The van der Waals surface area contributed by atoms with Crippen LogP contribution in [0.25, 0.3) is 0 Å². The second-order valence-electron chi connectivity index (χ2n) is 24.2. The van der Waals surface area contributed by atoms with Gasteiger partial charge in [-0.1, -0.05) is 100 Å². The van der Waals surface area contributed by atoms with Gasteiger partial charge in [-0.3, -0.25) is 34.1 Å². The number of amides is 6. The maximum atomic E-state index is 14.5. The fourth-order valence-corrected chi connectivity index (χ4v) is 13.0. The minimum absolute atomic E-state index is 0.0298. The number of alkyl carbamates (subject to hydrolysis) is 1. The maximum Gasteiger partial charge on any atom is 0.409 e. The Labute approximate surface area is 544 Å². The van der Waals surface area contributed by atoms with Crippen molar-refractivity contribution in [2.75, 3.05) is 50.4 Å². The summed E-state index contributed by atoms with van der Waals surface area (Å²) in [5, 5.41) is 21.1. The Kier molecular flexibility index (Phi) is 27.7. The molecule has 0 aromatic heterocycles. The molecule has 0 spiro atoms. The molecule has 6 amide bonds. The minimum atomic E-state index is -1.90.